The third-order valence-corrected chi connectivity index (χ3v) is 6.19. The molecule has 2 atom stereocenters. The summed E-state index contributed by atoms with van der Waals surface area (Å²) in [7, 11) is 0. The Bertz CT molecular complexity index is 617. The summed E-state index contributed by atoms with van der Waals surface area (Å²) in [6.45, 7) is 1.87. The standard InChI is InChI=1S/C17H21ClN2O2/c1-9-2-3-13(19-15(9)18)16(21)20-14-11-4-10-5-12(14)8-17(22,6-10)7-11/h2-3,10-12,14,22H,4-8H2,1H3,(H,20,21). The topological polar surface area (TPSA) is 62.2 Å². The summed E-state index contributed by atoms with van der Waals surface area (Å²) in [4.78, 5) is 16.7. The highest BCUT2D eigenvalue weighted by Gasteiger charge is 2.55. The number of amides is 1. The van der Waals surface area contributed by atoms with E-state index in [2.05, 4.69) is 10.3 Å². The summed E-state index contributed by atoms with van der Waals surface area (Å²) in [5.41, 5.74) is 0.779. The molecule has 5 heteroatoms. The minimum absolute atomic E-state index is 0.147. The molecule has 22 heavy (non-hydrogen) atoms. The fraction of sp³-hybridized carbons (Fsp3) is 0.647. The highest BCUT2D eigenvalue weighted by atomic mass is 35.5. The Kier molecular flexibility index (Phi) is 3.24. The van der Waals surface area contributed by atoms with Crippen LogP contribution in [0.2, 0.25) is 5.15 Å². The van der Waals surface area contributed by atoms with E-state index < -0.39 is 5.60 Å². The third kappa shape index (κ3) is 2.33. The summed E-state index contributed by atoms with van der Waals surface area (Å²) in [5, 5.41) is 14.1. The molecular weight excluding hydrogens is 300 g/mol. The summed E-state index contributed by atoms with van der Waals surface area (Å²) < 4.78 is 0. The molecule has 4 bridgehead atoms. The van der Waals surface area contributed by atoms with Crippen LogP contribution in [0.25, 0.3) is 0 Å². The molecule has 1 amide bonds. The highest BCUT2D eigenvalue weighted by Crippen LogP contribution is 2.55. The number of aryl methyl sites for hydroxylation is 1. The maximum Gasteiger partial charge on any atom is 0.270 e. The molecule has 118 valence electrons. The number of aromatic nitrogens is 1. The fourth-order valence-electron chi connectivity index (χ4n) is 5.07. The van der Waals surface area contributed by atoms with Crippen LogP contribution in [0.15, 0.2) is 12.1 Å². The molecule has 0 saturated heterocycles. The molecule has 1 aromatic heterocycles. The van der Waals surface area contributed by atoms with Gasteiger partial charge in [-0.3, -0.25) is 4.79 Å². The lowest BCUT2D eigenvalue weighted by molar-refractivity contribution is -0.136. The van der Waals surface area contributed by atoms with Gasteiger partial charge in [0.05, 0.1) is 5.60 Å². The van der Waals surface area contributed by atoms with Crippen molar-refractivity contribution < 1.29 is 9.90 Å². The van der Waals surface area contributed by atoms with E-state index in [9.17, 15) is 9.90 Å². The average Bonchev–Trinajstić information content (AvgIpc) is 2.44. The first-order valence-corrected chi connectivity index (χ1v) is 8.48. The summed E-state index contributed by atoms with van der Waals surface area (Å²) in [6, 6.07) is 3.72. The van der Waals surface area contributed by atoms with Crippen molar-refractivity contribution >= 4 is 17.5 Å². The maximum atomic E-state index is 12.5. The van der Waals surface area contributed by atoms with Crippen molar-refractivity contribution in [3.63, 3.8) is 0 Å². The van der Waals surface area contributed by atoms with Gasteiger partial charge in [0.25, 0.3) is 5.91 Å². The van der Waals surface area contributed by atoms with E-state index in [1.54, 1.807) is 6.07 Å². The molecule has 4 aliphatic carbocycles. The zero-order chi connectivity index (χ0) is 15.5. The highest BCUT2D eigenvalue weighted by molar-refractivity contribution is 6.30. The Morgan fingerprint density at radius 1 is 1.32 bits per heavy atom. The molecule has 4 saturated carbocycles. The second-order valence-corrected chi connectivity index (χ2v) is 7.86. The van der Waals surface area contributed by atoms with Crippen LogP contribution in [0.5, 0.6) is 0 Å². The van der Waals surface area contributed by atoms with Crippen LogP contribution in [0.3, 0.4) is 0 Å². The number of halogens is 1. The Morgan fingerprint density at radius 3 is 2.59 bits per heavy atom. The smallest absolute Gasteiger partial charge is 0.270 e. The Hall–Kier alpha value is -1.13. The number of rotatable bonds is 2. The molecule has 0 aliphatic heterocycles. The van der Waals surface area contributed by atoms with Gasteiger partial charge in [-0.25, -0.2) is 4.98 Å². The van der Waals surface area contributed by atoms with E-state index in [1.165, 1.54) is 0 Å². The zero-order valence-electron chi connectivity index (χ0n) is 12.7. The van der Waals surface area contributed by atoms with Gasteiger partial charge in [-0.2, -0.15) is 0 Å². The largest absolute Gasteiger partial charge is 0.390 e. The van der Waals surface area contributed by atoms with E-state index >= 15 is 0 Å². The number of carbonyl (C=O) groups excluding carboxylic acids is 1. The predicted octanol–water partition coefficient (Wildman–Crippen LogP) is 2.71. The molecule has 0 radical (unpaired) electrons. The van der Waals surface area contributed by atoms with E-state index in [0.717, 1.165) is 37.7 Å². The number of pyridine rings is 1. The SMILES string of the molecule is Cc1ccc(C(=O)NC2C3CC4CC2CC(O)(C4)C3)nc1Cl. The quantitative estimate of drug-likeness (QED) is 0.824. The lowest BCUT2D eigenvalue weighted by Crippen LogP contribution is -2.61. The molecule has 1 heterocycles. The number of hydrogen-bond donors (Lipinski definition) is 2. The van der Waals surface area contributed by atoms with Gasteiger partial charge in [-0.1, -0.05) is 17.7 Å². The number of nitrogens with one attached hydrogen (secondary N) is 1. The lowest BCUT2D eigenvalue weighted by Gasteiger charge is -2.58. The summed E-state index contributed by atoms with van der Waals surface area (Å²) >= 11 is 6.02. The summed E-state index contributed by atoms with van der Waals surface area (Å²) in [6.07, 6.45) is 4.87. The van der Waals surface area contributed by atoms with Gasteiger partial charge in [0.15, 0.2) is 0 Å². The third-order valence-electron chi connectivity index (χ3n) is 5.81. The summed E-state index contributed by atoms with van der Waals surface area (Å²) in [5.74, 6) is 1.30. The van der Waals surface area contributed by atoms with E-state index in [4.69, 9.17) is 11.6 Å². The van der Waals surface area contributed by atoms with Crippen molar-refractivity contribution in [3.8, 4) is 0 Å². The average molecular weight is 321 g/mol. The first-order valence-electron chi connectivity index (χ1n) is 8.10. The molecular formula is C17H21ClN2O2. The first kappa shape index (κ1) is 14.5. The van der Waals surface area contributed by atoms with Gasteiger partial charge in [-0.05, 0) is 68.4 Å². The van der Waals surface area contributed by atoms with Gasteiger partial charge in [0.2, 0.25) is 0 Å². The van der Waals surface area contributed by atoms with Gasteiger partial charge < -0.3 is 10.4 Å². The second kappa shape index (κ2) is 4.93. The van der Waals surface area contributed by atoms with Crippen molar-refractivity contribution in [2.45, 2.75) is 50.7 Å². The van der Waals surface area contributed by atoms with Crippen molar-refractivity contribution in [1.29, 1.82) is 0 Å². The molecule has 4 fully saturated rings. The molecule has 5 rings (SSSR count). The number of carbonyl (C=O) groups is 1. The predicted molar refractivity (Wildman–Crippen MR) is 83.7 cm³/mol. The number of nitrogens with zero attached hydrogens (tertiary/aromatic N) is 1. The molecule has 1 aromatic rings. The molecule has 0 spiro atoms. The van der Waals surface area contributed by atoms with Crippen LogP contribution < -0.4 is 5.32 Å². The van der Waals surface area contributed by atoms with E-state index in [1.807, 2.05) is 13.0 Å². The van der Waals surface area contributed by atoms with Crippen molar-refractivity contribution in [2.75, 3.05) is 0 Å². The lowest BCUT2D eigenvalue weighted by atomic mass is 9.52. The van der Waals surface area contributed by atoms with Crippen LogP contribution in [0.1, 0.15) is 48.2 Å². The van der Waals surface area contributed by atoms with E-state index in [-0.39, 0.29) is 11.9 Å². The van der Waals surface area contributed by atoms with Crippen LogP contribution >= 0.6 is 11.6 Å². The monoisotopic (exact) mass is 320 g/mol. The first-order chi connectivity index (χ1) is 10.4. The van der Waals surface area contributed by atoms with Crippen LogP contribution in [-0.4, -0.2) is 27.6 Å². The van der Waals surface area contributed by atoms with Crippen molar-refractivity contribution in [1.82, 2.24) is 10.3 Å². The minimum Gasteiger partial charge on any atom is -0.390 e. The second-order valence-electron chi connectivity index (χ2n) is 7.50. The van der Waals surface area contributed by atoms with Gasteiger partial charge in [-0.15, -0.1) is 0 Å². The number of aliphatic hydroxyl groups is 1. The van der Waals surface area contributed by atoms with E-state index in [0.29, 0.717) is 28.6 Å². The molecule has 2 unspecified atom stereocenters. The normalized spacial score (nSPS) is 39.0. The number of hydrogen-bond acceptors (Lipinski definition) is 3. The minimum atomic E-state index is -0.469. The van der Waals surface area contributed by atoms with Gasteiger partial charge in [0, 0.05) is 6.04 Å². The molecule has 0 aromatic carbocycles. The Morgan fingerprint density at radius 2 is 2.00 bits per heavy atom. The molecule has 4 nitrogen and oxygen atoms in total. The van der Waals surface area contributed by atoms with Crippen LogP contribution in [0.4, 0.5) is 0 Å². The van der Waals surface area contributed by atoms with Gasteiger partial charge in [0.1, 0.15) is 10.8 Å². The van der Waals surface area contributed by atoms with Crippen LogP contribution in [0, 0.1) is 24.7 Å². The van der Waals surface area contributed by atoms with Crippen molar-refractivity contribution in [3.05, 3.63) is 28.5 Å². The Balaban J connectivity index is 1.52. The molecule has 4 aliphatic rings. The maximum absolute atomic E-state index is 12.5. The zero-order valence-corrected chi connectivity index (χ0v) is 13.4. The Labute approximate surface area is 135 Å². The van der Waals surface area contributed by atoms with Crippen molar-refractivity contribution in [2.24, 2.45) is 17.8 Å². The molecule has 2 N–H and O–H groups in total. The fourth-order valence-corrected chi connectivity index (χ4v) is 5.23. The van der Waals surface area contributed by atoms with Crippen LogP contribution in [-0.2, 0) is 0 Å². The van der Waals surface area contributed by atoms with Gasteiger partial charge >= 0.3 is 0 Å².